The minimum absolute atomic E-state index is 0.00632. The van der Waals surface area contributed by atoms with Crippen molar-refractivity contribution in [3.05, 3.63) is 0 Å². The molecule has 0 N–H and O–H groups in total. The van der Waals surface area contributed by atoms with Gasteiger partial charge < -0.3 is 14.2 Å². The van der Waals surface area contributed by atoms with Crippen molar-refractivity contribution in [2.75, 3.05) is 19.6 Å². The highest BCUT2D eigenvalue weighted by Gasteiger charge is 2.51. The Bertz CT molecular complexity index is 270. The summed E-state index contributed by atoms with van der Waals surface area (Å²) in [5, 5.41) is 0. The summed E-state index contributed by atoms with van der Waals surface area (Å²) in [5.41, 5.74) is -0.358. The molecule has 0 saturated carbocycles. The molecule has 0 aromatic heterocycles. The Hall–Kier alpha value is -0.0551. The number of hydrogen-bond donors (Lipinski definition) is 0. The molecule has 0 aromatic carbocycles. The Balaban J connectivity index is 1.82. The molecule has 0 amide bonds. The average Bonchev–Trinajstić information content (AvgIpc) is 2.48. The van der Waals surface area contributed by atoms with E-state index in [2.05, 4.69) is 39.5 Å². The third-order valence-electron chi connectivity index (χ3n) is 4.98. The van der Waals surface area contributed by atoms with Crippen LogP contribution in [0.5, 0.6) is 0 Å². The van der Waals surface area contributed by atoms with Gasteiger partial charge in [-0.2, -0.15) is 0 Å². The molecule has 2 saturated heterocycles. The lowest BCUT2D eigenvalue weighted by molar-refractivity contribution is 0.00578. The van der Waals surface area contributed by atoms with Crippen molar-refractivity contribution in [2.24, 2.45) is 5.92 Å². The minimum atomic E-state index is -0.179. The van der Waals surface area contributed by atoms with E-state index >= 15 is 0 Å². The van der Waals surface area contributed by atoms with Gasteiger partial charge in [0.15, 0.2) is 0 Å². The average molecular weight is 253 g/mol. The zero-order chi connectivity index (χ0) is 13.4. The Morgan fingerprint density at radius 2 is 1.56 bits per heavy atom. The van der Waals surface area contributed by atoms with Crippen LogP contribution in [-0.4, -0.2) is 42.9 Å². The molecule has 2 aliphatic heterocycles. The molecule has 104 valence electrons. The van der Waals surface area contributed by atoms with Crippen LogP contribution in [0, 0.1) is 5.92 Å². The molecule has 3 nitrogen and oxygen atoms in total. The number of likely N-dealkylation sites (tertiary alicyclic amines) is 1. The van der Waals surface area contributed by atoms with Crippen LogP contribution in [0.1, 0.15) is 47.5 Å². The molecule has 0 aromatic rings. The van der Waals surface area contributed by atoms with E-state index in [1.165, 1.54) is 32.5 Å². The summed E-state index contributed by atoms with van der Waals surface area (Å²) in [7, 11) is -0.00632. The summed E-state index contributed by atoms with van der Waals surface area (Å²) >= 11 is 0. The Morgan fingerprint density at radius 3 is 2.00 bits per heavy atom. The molecular formula is C14H28BNO2. The predicted molar refractivity (Wildman–Crippen MR) is 75.7 cm³/mol. The van der Waals surface area contributed by atoms with E-state index < -0.39 is 0 Å². The molecule has 2 heterocycles. The van der Waals surface area contributed by atoms with E-state index in [0.29, 0.717) is 0 Å². The van der Waals surface area contributed by atoms with E-state index in [1.54, 1.807) is 0 Å². The highest BCUT2D eigenvalue weighted by Crippen LogP contribution is 2.39. The maximum Gasteiger partial charge on any atom is 0.458 e. The van der Waals surface area contributed by atoms with Crippen LogP contribution < -0.4 is 0 Å². The zero-order valence-corrected chi connectivity index (χ0v) is 12.7. The molecule has 0 aliphatic carbocycles. The van der Waals surface area contributed by atoms with Crippen molar-refractivity contribution in [1.29, 1.82) is 0 Å². The number of piperidine rings is 1. The fourth-order valence-electron chi connectivity index (χ4n) is 2.87. The second kappa shape index (κ2) is 5.14. The van der Waals surface area contributed by atoms with Gasteiger partial charge in [-0.05, 0) is 72.4 Å². The highest BCUT2D eigenvalue weighted by molar-refractivity contribution is 6.45. The summed E-state index contributed by atoms with van der Waals surface area (Å²) in [5.74, 6) is 0.766. The van der Waals surface area contributed by atoms with Crippen molar-refractivity contribution in [3.63, 3.8) is 0 Å². The standard InChI is InChI=1S/C14H28BNO2/c1-6-16-9-7-12(8-10-16)11-15-17-13(2,3)14(4,5)18-15/h12H,6-11H2,1-5H3. The summed E-state index contributed by atoms with van der Waals surface area (Å²) < 4.78 is 12.2. The number of rotatable bonds is 3. The van der Waals surface area contributed by atoms with Gasteiger partial charge in [-0.15, -0.1) is 0 Å². The molecule has 0 spiro atoms. The third-order valence-corrected chi connectivity index (χ3v) is 4.98. The van der Waals surface area contributed by atoms with Crippen molar-refractivity contribution < 1.29 is 9.31 Å². The lowest BCUT2D eigenvalue weighted by atomic mass is 9.74. The first-order valence-electron chi connectivity index (χ1n) is 7.42. The first-order chi connectivity index (χ1) is 8.34. The molecular weight excluding hydrogens is 225 g/mol. The predicted octanol–water partition coefficient (Wildman–Crippen LogP) is 2.81. The van der Waals surface area contributed by atoms with Crippen LogP contribution >= 0.6 is 0 Å². The Kier molecular flexibility index (Phi) is 4.10. The maximum absolute atomic E-state index is 6.08. The van der Waals surface area contributed by atoms with Crippen LogP contribution in [0.4, 0.5) is 0 Å². The summed E-state index contributed by atoms with van der Waals surface area (Å²) in [6, 6.07) is 0. The van der Waals surface area contributed by atoms with Gasteiger partial charge in [0, 0.05) is 0 Å². The first kappa shape index (κ1) is 14.4. The van der Waals surface area contributed by atoms with Crippen molar-refractivity contribution in [3.8, 4) is 0 Å². The Morgan fingerprint density at radius 1 is 1.06 bits per heavy atom. The van der Waals surface area contributed by atoms with Gasteiger partial charge in [0.25, 0.3) is 0 Å². The SMILES string of the molecule is CCN1CCC(CB2OC(C)(C)C(C)(C)O2)CC1. The lowest BCUT2D eigenvalue weighted by Gasteiger charge is -2.32. The number of nitrogens with zero attached hydrogens (tertiary/aromatic N) is 1. The molecule has 18 heavy (non-hydrogen) atoms. The van der Waals surface area contributed by atoms with Gasteiger partial charge >= 0.3 is 7.12 Å². The molecule has 2 fully saturated rings. The third kappa shape index (κ3) is 2.92. The van der Waals surface area contributed by atoms with E-state index in [9.17, 15) is 0 Å². The highest BCUT2D eigenvalue weighted by atomic mass is 16.7. The van der Waals surface area contributed by atoms with Gasteiger partial charge in [0.2, 0.25) is 0 Å². The van der Waals surface area contributed by atoms with Crippen molar-refractivity contribution in [2.45, 2.75) is 65.0 Å². The Labute approximate surface area is 112 Å². The molecule has 0 unspecified atom stereocenters. The van der Waals surface area contributed by atoms with Gasteiger partial charge in [0.05, 0.1) is 11.2 Å². The van der Waals surface area contributed by atoms with Gasteiger partial charge in [-0.25, -0.2) is 0 Å². The van der Waals surface area contributed by atoms with Crippen molar-refractivity contribution >= 4 is 7.12 Å². The topological polar surface area (TPSA) is 21.7 Å². The van der Waals surface area contributed by atoms with Crippen LogP contribution in [0.25, 0.3) is 0 Å². The summed E-state index contributed by atoms with van der Waals surface area (Å²) in [6.45, 7) is 14.4. The largest absolute Gasteiger partial charge is 0.458 e. The first-order valence-corrected chi connectivity index (χ1v) is 7.42. The van der Waals surface area contributed by atoms with Crippen LogP contribution in [0.2, 0.25) is 6.32 Å². The monoisotopic (exact) mass is 253 g/mol. The minimum Gasteiger partial charge on any atom is -0.403 e. The second-order valence-corrected chi connectivity index (χ2v) is 6.80. The quantitative estimate of drug-likeness (QED) is 0.722. The summed E-state index contributed by atoms with van der Waals surface area (Å²) in [4.78, 5) is 2.53. The van der Waals surface area contributed by atoms with Gasteiger partial charge in [0.1, 0.15) is 0 Å². The van der Waals surface area contributed by atoms with E-state index in [4.69, 9.17) is 9.31 Å². The molecule has 0 radical (unpaired) electrons. The smallest absolute Gasteiger partial charge is 0.403 e. The van der Waals surface area contributed by atoms with E-state index in [-0.39, 0.29) is 18.3 Å². The van der Waals surface area contributed by atoms with Gasteiger partial charge in [-0.1, -0.05) is 6.92 Å². The lowest BCUT2D eigenvalue weighted by Crippen LogP contribution is -2.41. The molecule has 0 bridgehead atoms. The number of hydrogen-bond acceptors (Lipinski definition) is 3. The van der Waals surface area contributed by atoms with Crippen molar-refractivity contribution in [1.82, 2.24) is 4.90 Å². The molecule has 2 aliphatic rings. The zero-order valence-electron chi connectivity index (χ0n) is 12.7. The maximum atomic E-state index is 6.08. The van der Waals surface area contributed by atoms with Gasteiger partial charge in [-0.3, -0.25) is 0 Å². The van der Waals surface area contributed by atoms with E-state index in [0.717, 1.165) is 12.2 Å². The molecule has 4 heteroatoms. The molecule has 2 rings (SSSR count). The van der Waals surface area contributed by atoms with E-state index in [1.807, 2.05) is 0 Å². The molecule has 0 atom stereocenters. The second-order valence-electron chi connectivity index (χ2n) is 6.80. The fourth-order valence-corrected chi connectivity index (χ4v) is 2.87. The van der Waals surface area contributed by atoms with Crippen LogP contribution in [-0.2, 0) is 9.31 Å². The van der Waals surface area contributed by atoms with Crippen LogP contribution in [0.15, 0.2) is 0 Å². The van der Waals surface area contributed by atoms with Crippen LogP contribution in [0.3, 0.4) is 0 Å². The normalized spacial score (nSPS) is 28.8. The fraction of sp³-hybridized carbons (Fsp3) is 1.00. The summed E-state index contributed by atoms with van der Waals surface area (Å²) in [6.07, 6.45) is 3.64.